The highest BCUT2D eigenvalue weighted by Crippen LogP contribution is 2.15. The standard InChI is InChI=1S/C21H22FN5O3S/c1-27(2)17-9-3-14(4-10-17)11-23-18(28)12-30-13-19-25-26-21(31-19)20(29)24-16-7-5-15(22)6-8-16/h3-10H,11-13H2,1-2H3,(H,23,28)(H,24,29). The highest BCUT2D eigenvalue weighted by molar-refractivity contribution is 7.13. The molecule has 10 heteroatoms. The van der Waals surface area contributed by atoms with Crippen LogP contribution in [-0.2, 0) is 22.7 Å². The lowest BCUT2D eigenvalue weighted by molar-refractivity contribution is -0.126. The van der Waals surface area contributed by atoms with E-state index in [1.54, 1.807) is 0 Å². The third kappa shape index (κ3) is 6.83. The Labute approximate surface area is 183 Å². The summed E-state index contributed by atoms with van der Waals surface area (Å²) in [6.45, 7) is 0.335. The molecule has 3 aromatic rings. The number of nitrogens with zero attached hydrogens (tertiary/aromatic N) is 3. The Morgan fingerprint density at radius 1 is 1.06 bits per heavy atom. The van der Waals surface area contributed by atoms with Crippen molar-refractivity contribution >= 4 is 34.5 Å². The van der Waals surface area contributed by atoms with Gasteiger partial charge in [0.05, 0.1) is 0 Å². The summed E-state index contributed by atoms with van der Waals surface area (Å²) in [4.78, 5) is 26.1. The number of aromatic nitrogens is 2. The lowest BCUT2D eigenvalue weighted by Gasteiger charge is -2.12. The van der Waals surface area contributed by atoms with E-state index in [0.29, 0.717) is 17.2 Å². The average Bonchev–Trinajstić information content (AvgIpc) is 3.23. The molecule has 3 rings (SSSR count). The van der Waals surface area contributed by atoms with Crippen molar-refractivity contribution in [3.8, 4) is 0 Å². The molecule has 2 N–H and O–H groups in total. The molecule has 0 aliphatic heterocycles. The van der Waals surface area contributed by atoms with Gasteiger partial charge in [-0.15, -0.1) is 10.2 Å². The van der Waals surface area contributed by atoms with Gasteiger partial charge in [-0.1, -0.05) is 23.5 Å². The Kier molecular flexibility index (Phi) is 7.63. The third-order valence-corrected chi connectivity index (χ3v) is 5.06. The highest BCUT2D eigenvalue weighted by atomic mass is 32.1. The molecule has 2 aromatic carbocycles. The maximum absolute atomic E-state index is 12.9. The summed E-state index contributed by atoms with van der Waals surface area (Å²) < 4.78 is 18.3. The van der Waals surface area contributed by atoms with Gasteiger partial charge in [0.2, 0.25) is 10.9 Å². The number of ether oxygens (including phenoxy) is 1. The van der Waals surface area contributed by atoms with Gasteiger partial charge in [0.25, 0.3) is 5.91 Å². The van der Waals surface area contributed by atoms with Crippen LogP contribution in [0, 0.1) is 5.82 Å². The van der Waals surface area contributed by atoms with Crippen LogP contribution in [0.2, 0.25) is 0 Å². The molecule has 31 heavy (non-hydrogen) atoms. The summed E-state index contributed by atoms with van der Waals surface area (Å²) in [6, 6.07) is 13.3. The van der Waals surface area contributed by atoms with Crippen molar-refractivity contribution in [3.05, 3.63) is 69.9 Å². The third-order valence-electron chi connectivity index (χ3n) is 4.16. The average molecular weight is 444 g/mol. The predicted molar refractivity (Wildman–Crippen MR) is 117 cm³/mol. The molecule has 8 nitrogen and oxygen atoms in total. The second-order valence-corrected chi connectivity index (χ2v) is 7.85. The molecule has 0 saturated heterocycles. The summed E-state index contributed by atoms with van der Waals surface area (Å²) in [5.74, 6) is -1.09. The van der Waals surface area contributed by atoms with Gasteiger partial charge in [0.15, 0.2) is 0 Å². The van der Waals surface area contributed by atoms with Gasteiger partial charge in [-0.3, -0.25) is 9.59 Å². The van der Waals surface area contributed by atoms with Gasteiger partial charge in [0, 0.05) is 32.0 Å². The van der Waals surface area contributed by atoms with E-state index in [9.17, 15) is 14.0 Å². The van der Waals surface area contributed by atoms with Crippen LogP contribution >= 0.6 is 11.3 Å². The number of halogens is 1. The van der Waals surface area contributed by atoms with Crippen LogP contribution in [0.3, 0.4) is 0 Å². The lowest BCUT2D eigenvalue weighted by Crippen LogP contribution is -2.27. The van der Waals surface area contributed by atoms with Crippen LogP contribution in [0.5, 0.6) is 0 Å². The molecule has 0 aliphatic carbocycles. The maximum atomic E-state index is 12.9. The first-order chi connectivity index (χ1) is 14.9. The molecular weight excluding hydrogens is 421 g/mol. The van der Waals surface area contributed by atoms with Gasteiger partial charge in [-0.05, 0) is 42.0 Å². The van der Waals surface area contributed by atoms with Gasteiger partial charge in [-0.25, -0.2) is 4.39 Å². The van der Waals surface area contributed by atoms with Crippen LogP contribution in [0.1, 0.15) is 20.4 Å². The smallest absolute Gasteiger partial charge is 0.286 e. The number of rotatable bonds is 9. The molecule has 1 heterocycles. The molecule has 162 valence electrons. The second-order valence-electron chi connectivity index (χ2n) is 6.79. The van der Waals surface area contributed by atoms with E-state index in [1.807, 2.05) is 43.3 Å². The Bertz CT molecular complexity index is 1020. The van der Waals surface area contributed by atoms with Crippen molar-refractivity contribution in [2.45, 2.75) is 13.2 Å². The Morgan fingerprint density at radius 2 is 1.77 bits per heavy atom. The number of nitrogens with one attached hydrogen (secondary N) is 2. The Morgan fingerprint density at radius 3 is 2.45 bits per heavy atom. The number of hydrogen-bond donors (Lipinski definition) is 2. The number of carbonyl (C=O) groups is 2. The minimum atomic E-state index is -0.451. The van der Waals surface area contributed by atoms with Crippen molar-refractivity contribution < 1.29 is 18.7 Å². The number of amides is 2. The second kappa shape index (κ2) is 10.6. The predicted octanol–water partition coefficient (Wildman–Crippen LogP) is 2.83. The highest BCUT2D eigenvalue weighted by Gasteiger charge is 2.14. The maximum Gasteiger partial charge on any atom is 0.286 e. The van der Waals surface area contributed by atoms with Crippen molar-refractivity contribution in [2.24, 2.45) is 0 Å². The Balaban J connectivity index is 1.39. The number of hydrogen-bond acceptors (Lipinski definition) is 7. The SMILES string of the molecule is CN(C)c1ccc(CNC(=O)COCc2nnc(C(=O)Nc3ccc(F)cc3)s2)cc1. The van der Waals surface area contributed by atoms with Crippen LogP contribution < -0.4 is 15.5 Å². The van der Waals surface area contributed by atoms with Gasteiger partial charge >= 0.3 is 0 Å². The van der Waals surface area contributed by atoms with Crippen LogP contribution in [0.25, 0.3) is 0 Å². The zero-order valence-corrected chi connectivity index (χ0v) is 17.9. The Hall–Kier alpha value is -3.37. The topological polar surface area (TPSA) is 96.5 Å². The molecule has 0 fully saturated rings. The summed E-state index contributed by atoms with van der Waals surface area (Å²) in [5, 5.41) is 13.7. The van der Waals surface area contributed by atoms with Crippen LogP contribution in [0.4, 0.5) is 15.8 Å². The van der Waals surface area contributed by atoms with E-state index in [2.05, 4.69) is 20.8 Å². The quantitative estimate of drug-likeness (QED) is 0.528. The molecule has 0 aliphatic rings. The van der Waals surface area contributed by atoms with Gasteiger partial charge in [0.1, 0.15) is 24.0 Å². The fourth-order valence-electron chi connectivity index (χ4n) is 2.52. The molecule has 1 aromatic heterocycles. The zero-order valence-electron chi connectivity index (χ0n) is 17.1. The molecular formula is C21H22FN5O3S. The molecule has 0 spiro atoms. The first-order valence-corrected chi connectivity index (χ1v) is 10.2. The van der Waals surface area contributed by atoms with E-state index in [-0.39, 0.29) is 29.9 Å². The van der Waals surface area contributed by atoms with E-state index in [4.69, 9.17) is 4.74 Å². The normalized spacial score (nSPS) is 10.5. The van der Waals surface area contributed by atoms with Crippen LogP contribution in [0.15, 0.2) is 48.5 Å². The van der Waals surface area contributed by atoms with Crippen LogP contribution in [-0.4, -0.2) is 42.7 Å². The van der Waals surface area contributed by atoms with Crippen molar-refractivity contribution in [1.29, 1.82) is 0 Å². The number of benzene rings is 2. The minimum absolute atomic E-state index is 0.0620. The monoisotopic (exact) mass is 443 g/mol. The summed E-state index contributed by atoms with van der Waals surface area (Å²) >= 11 is 1.06. The van der Waals surface area contributed by atoms with Crippen molar-refractivity contribution in [3.63, 3.8) is 0 Å². The lowest BCUT2D eigenvalue weighted by atomic mass is 10.2. The van der Waals surface area contributed by atoms with Gasteiger partial charge < -0.3 is 20.3 Å². The first kappa shape index (κ1) is 22.3. The molecule has 0 atom stereocenters. The van der Waals surface area contributed by atoms with E-state index < -0.39 is 5.91 Å². The molecule has 2 amide bonds. The van der Waals surface area contributed by atoms with Crippen molar-refractivity contribution in [2.75, 3.05) is 30.9 Å². The van der Waals surface area contributed by atoms with Crippen molar-refractivity contribution in [1.82, 2.24) is 15.5 Å². The largest absolute Gasteiger partial charge is 0.378 e. The fourth-order valence-corrected chi connectivity index (χ4v) is 3.19. The summed E-state index contributed by atoms with van der Waals surface area (Å²) in [5.41, 5.74) is 2.52. The molecule has 0 radical (unpaired) electrons. The molecule has 0 saturated carbocycles. The van der Waals surface area contributed by atoms with E-state index in [1.165, 1.54) is 24.3 Å². The summed E-state index contributed by atoms with van der Waals surface area (Å²) in [6.07, 6.45) is 0. The minimum Gasteiger partial charge on any atom is -0.378 e. The first-order valence-electron chi connectivity index (χ1n) is 9.41. The number of anilines is 2. The molecule has 0 unspecified atom stereocenters. The fraction of sp³-hybridized carbons (Fsp3) is 0.238. The number of carbonyl (C=O) groups excluding carboxylic acids is 2. The summed E-state index contributed by atoms with van der Waals surface area (Å²) in [7, 11) is 3.93. The van der Waals surface area contributed by atoms with E-state index in [0.717, 1.165) is 22.6 Å². The zero-order chi connectivity index (χ0) is 22.2. The molecule has 0 bridgehead atoms. The van der Waals surface area contributed by atoms with Gasteiger partial charge in [-0.2, -0.15) is 0 Å². The van der Waals surface area contributed by atoms with E-state index >= 15 is 0 Å².